The van der Waals surface area contributed by atoms with Gasteiger partial charge >= 0.3 is 0 Å². The van der Waals surface area contributed by atoms with Crippen molar-refractivity contribution < 1.29 is 17.9 Å². The average Bonchev–Trinajstić information content (AvgIpc) is 3.21. The van der Waals surface area contributed by atoms with Crippen LogP contribution >= 0.6 is 0 Å². The lowest BCUT2D eigenvalue weighted by atomic mass is 10.1. The van der Waals surface area contributed by atoms with Crippen LogP contribution in [0.4, 0.5) is 5.69 Å². The molecule has 2 N–H and O–H groups in total. The molecule has 3 aromatic rings. The number of aromatic nitrogens is 1. The van der Waals surface area contributed by atoms with Crippen LogP contribution in [0, 0.1) is 0 Å². The van der Waals surface area contributed by atoms with E-state index in [0.29, 0.717) is 25.7 Å². The van der Waals surface area contributed by atoms with Gasteiger partial charge in [0.1, 0.15) is 5.75 Å². The van der Waals surface area contributed by atoms with Gasteiger partial charge in [0.25, 0.3) is 0 Å². The molecule has 2 fully saturated rings. The molecule has 0 aliphatic carbocycles. The fourth-order valence-electron chi connectivity index (χ4n) is 5.03. The van der Waals surface area contributed by atoms with Gasteiger partial charge in [-0.15, -0.1) is 0 Å². The highest BCUT2D eigenvalue weighted by atomic mass is 32.2. The first-order chi connectivity index (χ1) is 15.9. The molecule has 1 aromatic heterocycles. The third-order valence-electron chi connectivity index (χ3n) is 6.81. The Bertz CT molecular complexity index is 1230. The van der Waals surface area contributed by atoms with Gasteiger partial charge in [-0.1, -0.05) is 0 Å². The quantitative estimate of drug-likeness (QED) is 0.576. The van der Waals surface area contributed by atoms with Gasteiger partial charge in [0.15, 0.2) is 9.84 Å². The van der Waals surface area contributed by atoms with Gasteiger partial charge in [0.2, 0.25) is 0 Å². The number of methoxy groups -OCH3 is 1. The Kier molecular flexibility index (Phi) is 6.07. The van der Waals surface area contributed by atoms with Crippen LogP contribution in [0.1, 0.15) is 24.4 Å². The summed E-state index contributed by atoms with van der Waals surface area (Å²) >= 11 is 0. The average molecular weight is 470 g/mol. The third-order valence-corrected chi connectivity index (χ3v) is 8.42. The van der Waals surface area contributed by atoms with Crippen LogP contribution in [0.25, 0.3) is 22.2 Å². The molecule has 3 heterocycles. The highest BCUT2D eigenvalue weighted by molar-refractivity contribution is 7.91. The minimum absolute atomic E-state index is 0.229. The van der Waals surface area contributed by atoms with Crippen LogP contribution in [0.15, 0.2) is 42.5 Å². The molecular formula is C25H31N3O4S. The lowest BCUT2D eigenvalue weighted by molar-refractivity contribution is 0.0711. The second kappa shape index (κ2) is 9.00. The van der Waals surface area contributed by atoms with Crippen LogP contribution < -0.4 is 10.5 Å². The number of nitrogens with two attached hydrogens (primary N) is 1. The first kappa shape index (κ1) is 22.3. The first-order valence-corrected chi connectivity index (χ1v) is 13.3. The molecule has 8 heteroatoms. The van der Waals surface area contributed by atoms with Gasteiger partial charge in [-0.3, -0.25) is 4.90 Å². The lowest BCUT2D eigenvalue weighted by Crippen LogP contribution is -2.39. The van der Waals surface area contributed by atoms with Gasteiger partial charge in [0.05, 0.1) is 29.8 Å². The largest absolute Gasteiger partial charge is 0.497 e. The number of nitrogen functional groups attached to an aromatic ring is 1. The predicted molar refractivity (Wildman–Crippen MR) is 131 cm³/mol. The Morgan fingerprint density at radius 2 is 1.76 bits per heavy atom. The van der Waals surface area contributed by atoms with E-state index in [-0.39, 0.29) is 11.5 Å². The fourth-order valence-corrected chi connectivity index (χ4v) is 6.31. The Labute approximate surface area is 195 Å². The minimum Gasteiger partial charge on any atom is -0.497 e. The van der Waals surface area contributed by atoms with E-state index < -0.39 is 9.84 Å². The van der Waals surface area contributed by atoms with Crippen molar-refractivity contribution in [2.75, 3.05) is 50.7 Å². The van der Waals surface area contributed by atoms with Gasteiger partial charge in [-0.05, 0) is 66.4 Å². The van der Waals surface area contributed by atoms with Crippen molar-refractivity contribution in [3.05, 3.63) is 48.0 Å². The maximum Gasteiger partial charge on any atom is 0.152 e. The number of fused-ring (bicyclic) bond motifs is 1. The van der Waals surface area contributed by atoms with E-state index in [0.717, 1.165) is 65.2 Å². The molecular weight excluding hydrogens is 438 g/mol. The molecule has 0 spiro atoms. The minimum atomic E-state index is -2.89. The highest BCUT2D eigenvalue weighted by Gasteiger charge is 2.25. The second-order valence-electron chi connectivity index (χ2n) is 9.02. The van der Waals surface area contributed by atoms with Gasteiger partial charge < -0.3 is 19.8 Å². The van der Waals surface area contributed by atoms with E-state index in [9.17, 15) is 8.42 Å². The number of nitrogens with zero attached hydrogens (tertiary/aromatic N) is 2. The number of hydrogen-bond acceptors (Lipinski definition) is 6. The zero-order valence-corrected chi connectivity index (χ0v) is 19.8. The van der Waals surface area contributed by atoms with Crippen molar-refractivity contribution in [1.29, 1.82) is 0 Å². The molecule has 2 saturated heterocycles. The van der Waals surface area contributed by atoms with Gasteiger partial charge in [-0.25, -0.2) is 8.42 Å². The molecule has 7 nitrogen and oxygen atoms in total. The Morgan fingerprint density at radius 1 is 1.06 bits per heavy atom. The summed E-state index contributed by atoms with van der Waals surface area (Å²) in [4.78, 5) is 2.20. The van der Waals surface area contributed by atoms with E-state index in [4.69, 9.17) is 15.2 Å². The van der Waals surface area contributed by atoms with Crippen molar-refractivity contribution in [3.63, 3.8) is 0 Å². The second-order valence-corrected chi connectivity index (χ2v) is 11.3. The maximum atomic E-state index is 11.8. The van der Waals surface area contributed by atoms with Crippen molar-refractivity contribution >= 4 is 26.4 Å². The van der Waals surface area contributed by atoms with E-state index in [1.807, 2.05) is 12.1 Å². The number of rotatable bonds is 5. The van der Waals surface area contributed by atoms with Crippen LogP contribution in [0.2, 0.25) is 0 Å². The van der Waals surface area contributed by atoms with Crippen LogP contribution in [-0.4, -0.2) is 62.8 Å². The van der Waals surface area contributed by atoms with Gasteiger partial charge in [-0.2, -0.15) is 0 Å². The maximum absolute atomic E-state index is 11.8. The Morgan fingerprint density at radius 3 is 2.42 bits per heavy atom. The van der Waals surface area contributed by atoms with E-state index in [2.05, 4.69) is 39.8 Å². The van der Waals surface area contributed by atoms with Crippen molar-refractivity contribution in [1.82, 2.24) is 9.47 Å². The molecule has 0 amide bonds. The number of benzene rings is 2. The Balaban J connectivity index is 1.54. The number of anilines is 1. The summed E-state index contributed by atoms with van der Waals surface area (Å²) in [5, 5.41) is 1.12. The summed E-state index contributed by atoms with van der Waals surface area (Å²) in [6.07, 6.45) is 1.91. The number of ether oxygens (including phenoxy) is 2. The predicted octanol–water partition coefficient (Wildman–Crippen LogP) is 3.48. The van der Waals surface area contributed by atoms with Crippen molar-refractivity contribution in [2.24, 2.45) is 0 Å². The highest BCUT2D eigenvalue weighted by Crippen LogP contribution is 2.38. The van der Waals surface area contributed by atoms with Crippen LogP contribution in [0.5, 0.6) is 5.75 Å². The Hall–Kier alpha value is -2.55. The molecule has 2 aliphatic rings. The molecule has 5 rings (SSSR count). The summed E-state index contributed by atoms with van der Waals surface area (Å²) in [5.74, 6) is 1.29. The monoisotopic (exact) mass is 469 g/mol. The summed E-state index contributed by atoms with van der Waals surface area (Å²) in [6.45, 7) is 3.35. The van der Waals surface area contributed by atoms with E-state index in [1.54, 1.807) is 7.11 Å². The van der Waals surface area contributed by atoms with E-state index >= 15 is 0 Å². The summed E-state index contributed by atoms with van der Waals surface area (Å²) in [5.41, 5.74) is 11.9. The topological polar surface area (TPSA) is 86.8 Å². The van der Waals surface area contributed by atoms with E-state index in [1.165, 1.54) is 0 Å². The molecule has 33 heavy (non-hydrogen) atoms. The molecule has 0 bridgehead atoms. The third kappa shape index (κ3) is 4.60. The van der Waals surface area contributed by atoms with Crippen molar-refractivity contribution in [3.8, 4) is 17.0 Å². The smallest absolute Gasteiger partial charge is 0.152 e. The van der Waals surface area contributed by atoms with Gasteiger partial charge in [0, 0.05) is 50.0 Å². The van der Waals surface area contributed by atoms with Crippen LogP contribution in [-0.2, 0) is 21.1 Å². The molecule has 0 radical (unpaired) electrons. The molecule has 2 aliphatic heterocycles. The number of sulfone groups is 1. The molecule has 0 saturated carbocycles. The fraction of sp³-hybridized carbons (Fsp3) is 0.440. The first-order valence-electron chi connectivity index (χ1n) is 11.5. The zero-order valence-electron chi connectivity index (χ0n) is 19.0. The van der Waals surface area contributed by atoms with Crippen molar-refractivity contribution in [2.45, 2.75) is 25.4 Å². The normalized spacial score (nSPS) is 19.7. The molecule has 2 aromatic carbocycles. The standard InChI is InChI=1S/C25H31N3O4S/c1-31-22-4-2-19(3-5-22)24-16-20-14-18(17-27-8-12-33(29,30)13-9-27)15-23(26)25(20)28(24)21-6-10-32-11-7-21/h2-5,14-16,21H,6-13,17,26H2,1H3. The summed E-state index contributed by atoms with van der Waals surface area (Å²) in [7, 11) is -1.22. The van der Waals surface area contributed by atoms with Crippen LogP contribution in [0.3, 0.4) is 0 Å². The molecule has 176 valence electrons. The zero-order chi connectivity index (χ0) is 23.0. The lowest BCUT2D eigenvalue weighted by Gasteiger charge is -2.28. The molecule has 0 unspecified atom stereocenters. The summed E-state index contributed by atoms with van der Waals surface area (Å²) < 4.78 is 36.9. The summed E-state index contributed by atoms with van der Waals surface area (Å²) in [6, 6.07) is 15.0. The number of hydrogen-bond donors (Lipinski definition) is 1. The SMILES string of the molecule is COc1ccc(-c2cc3cc(CN4CCS(=O)(=O)CC4)cc(N)c3n2C2CCOCC2)cc1. The molecule has 0 atom stereocenters.